The second kappa shape index (κ2) is 12.1. The summed E-state index contributed by atoms with van der Waals surface area (Å²) in [4.78, 5) is 37.7. The van der Waals surface area contributed by atoms with Gasteiger partial charge in [0, 0.05) is 28.3 Å². The second-order valence-corrected chi connectivity index (χ2v) is 9.54. The van der Waals surface area contributed by atoms with Gasteiger partial charge in [-0.25, -0.2) is 0 Å². The number of methoxy groups -OCH3 is 1. The zero-order valence-electron chi connectivity index (χ0n) is 20.7. The molecule has 4 aromatic rings. The summed E-state index contributed by atoms with van der Waals surface area (Å²) in [5.41, 5.74) is 2.83. The highest BCUT2D eigenvalue weighted by Crippen LogP contribution is 2.37. The number of benzene rings is 4. The highest BCUT2D eigenvalue weighted by atomic mass is 32.2. The minimum absolute atomic E-state index is 0.102. The Bertz CT molecular complexity index is 1460. The van der Waals surface area contributed by atoms with Gasteiger partial charge in [0.2, 0.25) is 5.91 Å². The maximum absolute atomic E-state index is 13.5. The van der Waals surface area contributed by atoms with E-state index in [-0.39, 0.29) is 17.5 Å². The highest BCUT2D eigenvalue weighted by Gasteiger charge is 2.23. The number of aryl methyl sites for hydroxylation is 1. The number of ether oxygens (including phenoxy) is 1. The molecule has 0 bridgehead atoms. The third-order valence-electron chi connectivity index (χ3n) is 5.73. The molecule has 0 aliphatic rings. The monoisotopic (exact) mass is 527 g/mol. The molecule has 0 radical (unpaired) electrons. The van der Waals surface area contributed by atoms with Crippen LogP contribution in [0, 0.1) is 17.0 Å². The number of carbonyl (C=O) groups is 2. The first-order valence-electron chi connectivity index (χ1n) is 11.7. The summed E-state index contributed by atoms with van der Waals surface area (Å²) in [5.74, 6) is 0.0660. The van der Waals surface area contributed by atoms with Gasteiger partial charge in [-0.2, -0.15) is 0 Å². The molecule has 0 aromatic heterocycles. The standard InChI is InChI=1S/C29H25N3O5S/c1-19-11-14-23(32(35)36)18-26(19)31-29(34)27(20-7-4-3-5-8-20)38-25-10-6-9-22(17-25)30-28(33)21-12-15-24(37-2)16-13-21/h3-18,27H,1-2H3,(H,30,33)(H,31,34). The van der Waals surface area contributed by atoms with E-state index in [0.29, 0.717) is 28.3 Å². The Kier molecular flexibility index (Phi) is 8.40. The Morgan fingerprint density at radius 2 is 1.63 bits per heavy atom. The van der Waals surface area contributed by atoms with Gasteiger partial charge < -0.3 is 15.4 Å². The summed E-state index contributed by atoms with van der Waals surface area (Å²) < 4.78 is 5.14. The largest absolute Gasteiger partial charge is 0.497 e. The Hall–Kier alpha value is -4.63. The fourth-order valence-corrected chi connectivity index (χ4v) is 4.77. The van der Waals surface area contributed by atoms with Crippen molar-refractivity contribution in [2.45, 2.75) is 17.1 Å². The SMILES string of the molecule is COc1ccc(C(=O)Nc2cccc(SC(C(=O)Nc3cc([N+](=O)[O-])ccc3C)c3ccccc3)c2)cc1. The molecule has 0 aliphatic heterocycles. The molecule has 2 amide bonds. The summed E-state index contributed by atoms with van der Waals surface area (Å²) in [6, 6.07) is 27.7. The van der Waals surface area contributed by atoms with Crippen molar-refractivity contribution in [1.29, 1.82) is 0 Å². The third kappa shape index (κ3) is 6.57. The van der Waals surface area contributed by atoms with Gasteiger partial charge in [-0.15, -0.1) is 11.8 Å². The summed E-state index contributed by atoms with van der Waals surface area (Å²) >= 11 is 1.31. The van der Waals surface area contributed by atoms with E-state index in [4.69, 9.17) is 4.74 Å². The van der Waals surface area contributed by atoms with E-state index in [1.54, 1.807) is 62.6 Å². The van der Waals surface area contributed by atoms with Crippen LogP contribution in [-0.2, 0) is 4.79 Å². The van der Waals surface area contributed by atoms with Gasteiger partial charge in [0.05, 0.1) is 17.7 Å². The number of nitro groups is 1. The lowest BCUT2D eigenvalue weighted by Crippen LogP contribution is -2.19. The highest BCUT2D eigenvalue weighted by molar-refractivity contribution is 8.00. The first-order valence-corrected chi connectivity index (χ1v) is 12.5. The number of rotatable bonds is 9. The van der Waals surface area contributed by atoms with Crippen molar-refractivity contribution in [2.24, 2.45) is 0 Å². The molecule has 1 atom stereocenters. The summed E-state index contributed by atoms with van der Waals surface area (Å²) in [5, 5.41) is 16.3. The number of hydrogen-bond acceptors (Lipinski definition) is 6. The Morgan fingerprint density at radius 3 is 2.32 bits per heavy atom. The van der Waals surface area contributed by atoms with E-state index < -0.39 is 10.2 Å². The van der Waals surface area contributed by atoms with Crippen molar-refractivity contribution in [2.75, 3.05) is 17.7 Å². The lowest BCUT2D eigenvalue weighted by atomic mass is 10.1. The van der Waals surface area contributed by atoms with Crippen LogP contribution in [0.2, 0.25) is 0 Å². The molecule has 0 spiro atoms. The molecule has 4 aromatic carbocycles. The van der Waals surface area contributed by atoms with Gasteiger partial charge in [-0.1, -0.05) is 42.5 Å². The van der Waals surface area contributed by atoms with Crippen molar-refractivity contribution in [3.05, 3.63) is 124 Å². The zero-order valence-corrected chi connectivity index (χ0v) is 21.5. The van der Waals surface area contributed by atoms with Crippen LogP contribution >= 0.6 is 11.8 Å². The Balaban J connectivity index is 1.55. The number of carbonyl (C=O) groups excluding carboxylic acids is 2. The van der Waals surface area contributed by atoms with Gasteiger partial charge in [0.25, 0.3) is 11.6 Å². The number of non-ortho nitro benzene ring substituents is 1. The molecule has 38 heavy (non-hydrogen) atoms. The van der Waals surface area contributed by atoms with Crippen LogP contribution in [0.4, 0.5) is 17.1 Å². The number of anilines is 2. The minimum atomic E-state index is -0.651. The Labute approximate surface area is 224 Å². The predicted octanol–water partition coefficient (Wildman–Crippen LogP) is 6.64. The number of thioether (sulfide) groups is 1. The van der Waals surface area contributed by atoms with Gasteiger partial charge >= 0.3 is 0 Å². The predicted molar refractivity (Wildman–Crippen MR) is 149 cm³/mol. The fraction of sp³-hybridized carbons (Fsp3) is 0.103. The molecule has 0 aliphatic carbocycles. The maximum Gasteiger partial charge on any atom is 0.271 e. The lowest BCUT2D eigenvalue weighted by molar-refractivity contribution is -0.384. The number of nitro benzene ring substituents is 1. The van der Waals surface area contributed by atoms with E-state index >= 15 is 0 Å². The molecule has 192 valence electrons. The van der Waals surface area contributed by atoms with E-state index in [2.05, 4.69) is 10.6 Å². The number of nitrogens with zero attached hydrogens (tertiary/aromatic N) is 1. The number of nitrogens with one attached hydrogen (secondary N) is 2. The molecule has 0 fully saturated rings. The third-order valence-corrected chi connectivity index (χ3v) is 6.98. The van der Waals surface area contributed by atoms with Crippen LogP contribution in [0.25, 0.3) is 0 Å². The van der Waals surface area contributed by atoms with Crippen LogP contribution in [0.1, 0.15) is 26.7 Å². The molecule has 8 nitrogen and oxygen atoms in total. The minimum Gasteiger partial charge on any atom is -0.497 e. The number of amides is 2. The van der Waals surface area contributed by atoms with Crippen molar-refractivity contribution in [3.63, 3.8) is 0 Å². The average molecular weight is 528 g/mol. The van der Waals surface area contributed by atoms with Gasteiger partial charge in [-0.05, 0) is 60.5 Å². The van der Waals surface area contributed by atoms with Gasteiger partial charge in [0.15, 0.2) is 0 Å². The topological polar surface area (TPSA) is 111 Å². The normalized spacial score (nSPS) is 11.3. The van der Waals surface area contributed by atoms with E-state index in [9.17, 15) is 19.7 Å². The molecule has 9 heteroatoms. The Morgan fingerprint density at radius 1 is 0.895 bits per heavy atom. The summed E-state index contributed by atoms with van der Waals surface area (Å²) in [6.45, 7) is 1.78. The molecule has 0 heterocycles. The average Bonchev–Trinajstić information content (AvgIpc) is 2.93. The van der Waals surface area contributed by atoms with Crippen LogP contribution < -0.4 is 15.4 Å². The lowest BCUT2D eigenvalue weighted by Gasteiger charge is -2.18. The van der Waals surface area contributed by atoms with Crippen molar-refractivity contribution < 1.29 is 19.2 Å². The second-order valence-electron chi connectivity index (χ2n) is 8.36. The first-order chi connectivity index (χ1) is 18.3. The quantitative estimate of drug-likeness (QED) is 0.143. The van der Waals surface area contributed by atoms with E-state index in [0.717, 1.165) is 10.5 Å². The molecular formula is C29H25N3O5S. The van der Waals surface area contributed by atoms with E-state index in [1.165, 1.54) is 23.9 Å². The molecular weight excluding hydrogens is 502 g/mol. The van der Waals surface area contributed by atoms with Crippen molar-refractivity contribution in [1.82, 2.24) is 0 Å². The van der Waals surface area contributed by atoms with Crippen LogP contribution in [0.5, 0.6) is 5.75 Å². The molecule has 0 saturated heterocycles. The molecule has 0 saturated carbocycles. The van der Waals surface area contributed by atoms with Crippen molar-refractivity contribution in [3.8, 4) is 5.75 Å². The molecule has 1 unspecified atom stereocenters. The fourth-order valence-electron chi connectivity index (χ4n) is 3.69. The van der Waals surface area contributed by atoms with Crippen molar-refractivity contribution >= 4 is 40.6 Å². The van der Waals surface area contributed by atoms with Gasteiger partial charge in [0.1, 0.15) is 11.0 Å². The van der Waals surface area contributed by atoms with Crippen LogP contribution in [-0.4, -0.2) is 23.8 Å². The molecule has 4 rings (SSSR count). The van der Waals surface area contributed by atoms with Gasteiger partial charge in [-0.3, -0.25) is 19.7 Å². The number of hydrogen-bond donors (Lipinski definition) is 2. The van der Waals surface area contributed by atoms with E-state index in [1.807, 2.05) is 36.4 Å². The van der Waals surface area contributed by atoms with Crippen LogP contribution in [0.3, 0.4) is 0 Å². The zero-order chi connectivity index (χ0) is 27.1. The van der Waals surface area contributed by atoms with Crippen LogP contribution in [0.15, 0.2) is 102 Å². The first kappa shape index (κ1) is 26.4. The summed E-state index contributed by atoms with van der Waals surface area (Å²) in [6.07, 6.45) is 0. The summed E-state index contributed by atoms with van der Waals surface area (Å²) in [7, 11) is 1.56. The maximum atomic E-state index is 13.5. The molecule has 2 N–H and O–H groups in total. The smallest absolute Gasteiger partial charge is 0.271 e.